The Kier molecular flexibility index (Phi) is 6.46. The molecule has 4 rings (SSSR count). The number of carbonyl (C=O) groups is 1. The Morgan fingerprint density at radius 1 is 1.20 bits per heavy atom. The molecule has 2 bridgehead atoms. The molecule has 0 unspecified atom stereocenters. The van der Waals surface area contributed by atoms with Gasteiger partial charge in [0.2, 0.25) is 0 Å². The van der Waals surface area contributed by atoms with Gasteiger partial charge in [0.25, 0.3) is 0 Å². The van der Waals surface area contributed by atoms with Crippen molar-refractivity contribution in [3.63, 3.8) is 0 Å². The summed E-state index contributed by atoms with van der Waals surface area (Å²) in [5, 5.41) is 1.14. The van der Waals surface area contributed by atoms with Gasteiger partial charge in [-0.2, -0.15) is 0 Å². The molecule has 30 heavy (non-hydrogen) atoms. The van der Waals surface area contributed by atoms with Crippen molar-refractivity contribution in [1.82, 2.24) is 9.88 Å². The quantitative estimate of drug-likeness (QED) is 0.517. The molecule has 2 aromatic rings. The molecule has 1 aliphatic carbocycles. The van der Waals surface area contributed by atoms with Gasteiger partial charge in [-0.1, -0.05) is 31.5 Å². The normalized spacial score (nSPS) is 26.2. The summed E-state index contributed by atoms with van der Waals surface area (Å²) >= 11 is 0. The lowest BCUT2D eigenvalue weighted by Gasteiger charge is -2.50. The van der Waals surface area contributed by atoms with Gasteiger partial charge in [-0.05, 0) is 43.7 Å². The van der Waals surface area contributed by atoms with Crippen LogP contribution in [-0.4, -0.2) is 55.6 Å². The molecule has 164 valence electrons. The lowest BCUT2D eigenvalue weighted by Crippen LogP contribution is -2.51. The van der Waals surface area contributed by atoms with Gasteiger partial charge in [0, 0.05) is 36.4 Å². The maximum absolute atomic E-state index is 13.0. The van der Waals surface area contributed by atoms with Crippen molar-refractivity contribution in [1.29, 1.82) is 0 Å². The smallest absolute Gasteiger partial charge is 0.313 e. The molecule has 6 nitrogen and oxygen atoms in total. The predicted octanol–water partition coefficient (Wildman–Crippen LogP) is 4.23. The van der Waals surface area contributed by atoms with Crippen LogP contribution in [0.3, 0.4) is 0 Å². The third kappa shape index (κ3) is 3.66. The van der Waals surface area contributed by atoms with E-state index in [1.54, 1.807) is 0 Å². The summed E-state index contributed by atoms with van der Waals surface area (Å²) in [5.74, 6) is 0.390. The van der Waals surface area contributed by atoms with Gasteiger partial charge in [-0.3, -0.25) is 9.69 Å². The number of nitrogens with zero attached hydrogens (tertiary/aromatic N) is 1. The number of hydrogen-bond donors (Lipinski definition) is 1. The Labute approximate surface area is 178 Å². The summed E-state index contributed by atoms with van der Waals surface area (Å²) in [4.78, 5) is 19.1. The highest BCUT2D eigenvalue weighted by Crippen LogP contribution is 2.53. The standard InChI is InChI=1S/C24H34N2O4/c1-5-15-13-26(14-20(29-6-2)30-7-3)19-12-17(15)22(24(27)28-4)21-16-10-8-9-11-18(16)25-23(19)21/h8-11,15,17,19-20,22,25H,5-7,12-14H2,1-4H3/t15-,17+,19+,22+/m1/s1. The molecule has 1 aliphatic heterocycles. The number of methoxy groups -OCH3 is 1. The van der Waals surface area contributed by atoms with Crippen LogP contribution in [0.5, 0.6) is 0 Å². The molecule has 1 aromatic carbocycles. The molecular formula is C24H34N2O4. The van der Waals surface area contributed by atoms with Crippen molar-refractivity contribution in [2.75, 3.05) is 33.4 Å². The Bertz CT molecular complexity index is 873. The maximum atomic E-state index is 13.0. The van der Waals surface area contributed by atoms with Crippen molar-refractivity contribution in [3.8, 4) is 0 Å². The molecule has 0 radical (unpaired) electrons. The van der Waals surface area contributed by atoms with Gasteiger partial charge >= 0.3 is 5.97 Å². The zero-order valence-corrected chi connectivity index (χ0v) is 18.5. The SMILES string of the molecule is CCOC(CN1C[C@@H](CC)[C@@H]2C[C@H]1c1[nH]c3ccccc3c1[C@H]2C(=O)OC)OCC. The van der Waals surface area contributed by atoms with E-state index in [1.807, 2.05) is 26.0 Å². The number of para-hydroxylation sites is 1. The van der Waals surface area contributed by atoms with Crippen molar-refractivity contribution >= 4 is 16.9 Å². The van der Waals surface area contributed by atoms with Crippen LogP contribution in [-0.2, 0) is 19.0 Å². The van der Waals surface area contributed by atoms with Crippen LogP contribution in [0.25, 0.3) is 10.9 Å². The third-order valence-corrected chi connectivity index (χ3v) is 6.93. The number of H-pyrrole nitrogens is 1. The molecule has 1 aromatic heterocycles. The lowest BCUT2D eigenvalue weighted by atomic mass is 9.65. The predicted molar refractivity (Wildman–Crippen MR) is 116 cm³/mol. The summed E-state index contributed by atoms with van der Waals surface area (Å²) in [5.41, 5.74) is 3.37. The summed E-state index contributed by atoms with van der Waals surface area (Å²) < 4.78 is 17.0. The van der Waals surface area contributed by atoms with E-state index in [9.17, 15) is 4.79 Å². The minimum absolute atomic E-state index is 0.113. The number of rotatable bonds is 8. The Morgan fingerprint density at radius 2 is 1.93 bits per heavy atom. The number of hydrogen-bond acceptors (Lipinski definition) is 5. The maximum Gasteiger partial charge on any atom is 0.313 e. The molecule has 0 amide bonds. The second-order valence-electron chi connectivity index (χ2n) is 8.38. The minimum Gasteiger partial charge on any atom is -0.469 e. The van der Waals surface area contributed by atoms with E-state index in [0.29, 0.717) is 19.1 Å². The van der Waals surface area contributed by atoms with Crippen LogP contribution in [0, 0.1) is 11.8 Å². The largest absolute Gasteiger partial charge is 0.469 e. The number of nitrogens with one attached hydrogen (secondary N) is 1. The monoisotopic (exact) mass is 414 g/mol. The van der Waals surface area contributed by atoms with E-state index < -0.39 is 0 Å². The average Bonchev–Trinajstić information content (AvgIpc) is 3.15. The second-order valence-corrected chi connectivity index (χ2v) is 8.38. The van der Waals surface area contributed by atoms with Gasteiger partial charge in [-0.25, -0.2) is 0 Å². The fraction of sp³-hybridized carbons (Fsp3) is 0.625. The lowest BCUT2D eigenvalue weighted by molar-refractivity contribution is -0.161. The number of benzene rings is 1. The third-order valence-electron chi connectivity index (χ3n) is 6.93. The van der Waals surface area contributed by atoms with Gasteiger partial charge < -0.3 is 19.2 Å². The van der Waals surface area contributed by atoms with Crippen LogP contribution < -0.4 is 0 Å². The first-order valence-corrected chi connectivity index (χ1v) is 11.3. The van der Waals surface area contributed by atoms with Crippen LogP contribution in [0.15, 0.2) is 24.3 Å². The summed E-state index contributed by atoms with van der Waals surface area (Å²) in [6.07, 6.45) is 1.75. The number of esters is 1. The van der Waals surface area contributed by atoms with Crippen molar-refractivity contribution < 1.29 is 19.0 Å². The number of aromatic nitrogens is 1. The zero-order valence-electron chi connectivity index (χ0n) is 18.5. The molecular weight excluding hydrogens is 380 g/mol. The van der Waals surface area contributed by atoms with Crippen molar-refractivity contribution in [3.05, 3.63) is 35.5 Å². The molecule has 4 atom stereocenters. The van der Waals surface area contributed by atoms with Crippen molar-refractivity contribution in [2.24, 2.45) is 11.8 Å². The van der Waals surface area contributed by atoms with Gasteiger partial charge in [0.05, 0.1) is 25.6 Å². The van der Waals surface area contributed by atoms with E-state index in [2.05, 4.69) is 28.9 Å². The number of fused-ring (bicyclic) bond motifs is 6. The Balaban J connectivity index is 1.78. The number of likely N-dealkylation sites (tertiary alicyclic amines) is 1. The fourth-order valence-electron chi connectivity index (χ4n) is 5.64. The van der Waals surface area contributed by atoms with Crippen LogP contribution in [0.1, 0.15) is 56.8 Å². The number of carbonyl (C=O) groups excluding carboxylic acids is 1. The van der Waals surface area contributed by atoms with Crippen LogP contribution in [0.4, 0.5) is 0 Å². The molecule has 2 aliphatic rings. The topological polar surface area (TPSA) is 63.8 Å². The van der Waals surface area contributed by atoms with Gasteiger partial charge in [0.15, 0.2) is 6.29 Å². The highest BCUT2D eigenvalue weighted by Gasteiger charge is 2.50. The first kappa shape index (κ1) is 21.3. The van der Waals surface area contributed by atoms with Gasteiger partial charge in [0.1, 0.15) is 0 Å². The molecule has 6 heteroatoms. The molecule has 1 N–H and O–H groups in total. The Morgan fingerprint density at radius 3 is 2.60 bits per heavy atom. The average molecular weight is 415 g/mol. The first-order valence-electron chi connectivity index (χ1n) is 11.3. The van der Waals surface area contributed by atoms with E-state index in [4.69, 9.17) is 14.2 Å². The highest BCUT2D eigenvalue weighted by molar-refractivity contribution is 5.92. The van der Waals surface area contributed by atoms with E-state index in [1.165, 1.54) is 7.11 Å². The summed E-state index contributed by atoms with van der Waals surface area (Å²) in [7, 11) is 1.51. The first-order chi connectivity index (χ1) is 14.6. The Hall–Kier alpha value is -1.89. The number of ether oxygens (including phenoxy) is 3. The zero-order chi connectivity index (χ0) is 21.3. The molecule has 1 saturated heterocycles. The number of aromatic amines is 1. The summed E-state index contributed by atoms with van der Waals surface area (Å²) in [6.45, 7) is 9.16. The highest BCUT2D eigenvalue weighted by atomic mass is 16.7. The molecule has 2 heterocycles. The van der Waals surface area contributed by atoms with E-state index in [-0.39, 0.29) is 30.1 Å². The number of piperidine rings is 1. The molecule has 0 saturated carbocycles. The molecule has 1 fully saturated rings. The summed E-state index contributed by atoms with van der Waals surface area (Å²) in [6, 6.07) is 8.53. The second kappa shape index (κ2) is 9.08. The van der Waals surface area contributed by atoms with Crippen LogP contribution >= 0.6 is 0 Å². The van der Waals surface area contributed by atoms with E-state index >= 15 is 0 Å². The van der Waals surface area contributed by atoms with Crippen LogP contribution in [0.2, 0.25) is 0 Å². The minimum atomic E-state index is -0.236. The van der Waals surface area contributed by atoms with Crippen molar-refractivity contribution in [2.45, 2.75) is 51.9 Å². The van der Waals surface area contributed by atoms with Gasteiger partial charge in [-0.15, -0.1) is 0 Å². The van der Waals surface area contributed by atoms with E-state index in [0.717, 1.165) is 48.1 Å². The molecule has 0 spiro atoms. The fourth-order valence-corrected chi connectivity index (χ4v) is 5.64.